The van der Waals surface area contributed by atoms with Gasteiger partial charge in [0.15, 0.2) is 0 Å². The first-order chi connectivity index (χ1) is 12.8. The molecule has 2 rings (SSSR count). The fourth-order valence-corrected chi connectivity index (χ4v) is 2.60. The van der Waals surface area contributed by atoms with Crippen LogP contribution in [0.25, 0.3) is 10.9 Å². The number of fused-ring (bicyclic) bond motifs is 1. The molecule has 0 bridgehead atoms. The van der Waals surface area contributed by atoms with E-state index in [-0.39, 0.29) is 24.3 Å². The molecule has 10 heteroatoms. The van der Waals surface area contributed by atoms with Crippen LogP contribution in [-0.2, 0) is 11.0 Å². The molecule has 1 amide bonds. The molecule has 1 aromatic heterocycles. The van der Waals surface area contributed by atoms with Gasteiger partial charge in [-0.15, -0.1) is 0 Å². The molecule has 2 aromatic rings. The number of carbonyl (C=O) groups is 1. The highest BCUT2D eigenvalue weighted by Crippen LogP contribution is 2.32. The van der Waals surface area contributed by atoms with Gasteiger partial charge < -0.3 is 21.5 Å². The van der Waals surface area contributed by atoms with E-state index < -0.39 is 29.8 Å². The number of carbonyl (C=O) groups excluding carboxylic acids is 1. The highest BCUT2D eigenvalue weighted by Gasteiger charge is 2.30. The maximum absolute atomic E-state index is 12.9. The van der Waals surface area contributed by atoms with Gasteiger partial charge in [0, 0.05) is 11.9 Å². The van der Waals surface area contributed by atoms with Crippen molar-refractivity contribution in [2.24, 2.45) is 5.73 Å². The number of nitrogens with zero attached hydrogens (tertiary/aromatic N) is 2. The normalized spacial score (nSPS) is 14.0. The third-order valence-electron chi connectivity index (χ3n) is 4.03. The van der Waals surface area contributed by atoms with Crippen LogP contribution in [0.2, 0.25) is 0 Å². The Kier molecular flexibility index (Phi) is 6.92. The molecule has 7 nitrogen and oxygen atoms in total. The maximum atomic E-state index is 12.9. The lowest BCUT2D eigenvalue weighted by atomic mass is 10.1. The number of hydrogen-bond donors (Lipinski definition) is 4. The van der Waals surface area contributed by atoms with Crippen LogP contribution in [0.15, 0.2) is 24.5 Å². The number of aliphatic hydroxyl groups excluding tert-OH is 1. The molecule has 0 spiro atoms. The second kappa shape index (κ2) is 8.96. The fourth-order valence-electron chi connectivity index (χ4n) is 2.60. The molecule has 0 aliphatic heterocycles. The minimum atomic E-state index is -4.50. The molecule has 1 aromatic carbocycles. The summed E-state index contributed by atoms with van der Waals surface area (Å²) in [6, 6.07) is 2.52. The number of amides is 1. The zero-order valence-electron chi connectivity index (χ0n) is 14.8. The van der Waals surface area contributed by atoms with Crippen molar-refractivity contribution >= 4 is 22.6 Å². The van der Waals surface area contributed by atoms with E-state index in [1.165, 1.54) is 12.4 Å². The number of benzene rings is 1. The molecule has 0 aliphatic carbocycles. The second-order valence-corrected chi connectivity index (χ2v) is 6.07. The molecule has 1 heterocycles. The number of rotatable bonds is 8. The summed E-state index contributed by atoms with van der Waals surface area (Å²) in [5.41, 5.74) is 5.06. The Morgan fingerprint density at radius 2 is 2.07 bits per heavy atom. The van der Waals surface area contributed by atoms with Crippen molar-refractivity contribution in [1.29, 1.82) is 0 Å². The Balaban J connectivity index is 2.10. The first kappa shape index (κ1) is 20.8. The van der Waals surface area contributed by atoms with Crippen LogP contribution < -0.4 is 16.4 Å². The molecule has 0 unspecified atom stereocenters. The number of alkyl halides is 3. The van der Waals surface area contributed by atoms with Crippen LogP contribution in [0.3, 0.4) is 0 Å². The van der Waals surface area contributed by atoms with Gasteiger partial charge in [0.2, 0.25) is 5.91 Å². The van der Waals surface area contributed by atoms with Gasteiger partial charge in [-0.05, 0) is 24.6 Å². The third kappa shape index (κ3) is 5.51. The van der Waals surface area contributed by atoms with E-state index in [9.17, 15) is 23.1 Å². The van der Waals surface area contributed by atoms with Crippen molar-refractivity contribution in [3.63, 3.8) is 0 Å². The zero-order valence-corrected chi connectivity index (χ0v) is 14.8. The smallest absolute Gasteiger partial charge is 0.391 e. The molecule has 5 N–H and O–H groups in total. The number of aliphatic hydroxyl groups is 1. The van der Waals surface area contributed by atoms with E-state index in [0.29, 0.717) is 11.9 Å². The van der Waals surface area contributed by atoms with Gasteiger partial charge in [0.05, 0.1) is 29.8 Å². The molecule has 0 aliphatic rings. The molecule has 2 atom stereocenters. The standard InChI is InChI=1S/C17H22F3N5O2/c1-2-3-14(26)13(7-21)25-15(27)8-22-16-11-6-10(17(18,19)20)4-5-12(11)23-9-24-16/h4-6,9,13-14,26H,2-3,7-8,21H2,1H3,(H,25,27)(H,22,23,24)/t13-,14-/m0/s1. The Morgan fingerprint density at radius 3 is 2.70 bits per heavy atom. The summed E-state index contributed by atoms with van der Waals surface area (Å²) < 4.78 is 38.8. The van der Waals surface area contributed by atoms with Gasteiger partial charge in [-0.25, -0.2) is 9.97 Å². The Labute approximate surface area is 154 Å². The van der Waals surface area contributed by atoms with Crippen LogP contribution in [0, 0.1) is 0 Å². The molecule has 0 saturated heterocycles. The lowest BCUT2D eigenvalue weighted by Gasteiger charge is -2.22. The second-order valence-electron chi connectivity index (χ2n) is 6.07. The van der Waals surface area contributed by atoms with Crippen molar-refractivity contribution < 1.29 is 23.1 Å². The lowest BCUT2D eigenvalue weighted by molar-refractivity contribution is -0.137. The van der Waals surface area contributed by atoms with Crippen molar-refractivity contribution in [3.8, 4) is 0 Å². The summed E-state index contributed by atoms with van der Waals surface area (Å²) in [5, 5.41) is 15.4. The predicted molar refractivity (Wildman–Crippen MR) is 94.9 cm³/mol. The van der Waals surface area contributed by atoms with E-state index in [1.54, 1.807) is 0 Å². The number of hydrogen-bond acceptors (Lipinski definition) is 6. The monoisotopic (exact) mass is 385 g/mol. The molecule has 148 valence electrons. The first-order valence-electron chi connectivity index (χ1n) is 8.49. The highest BCUT2D eigenvalue weighted by atomic mass is 19.4. The largest absolute Gasteiger partial charge is 0.416 e. The highest BCUT2D eigenvalue weighted by molar-refractivity contribution is 5.91. The van der Waals surface area contributed by atoms with Crippen molar-refractivity contribution in [3.05, 3.63) is 30.1 Å². The average Bonchev–Trinajstić information content (AvgIpc) is 2.63. The molecular formula is C17H22F3N5O2. The van der Waals surface area contributed by atoms with Crippen LogP contribution in [0.5, 0.6) is 0 Å². The van der Waals surface area contributed by atoms with Gasteiger partial charge in [0.1, 0.15) is 12.1 Å². The average molecular weight is 385 g/mol. The van der Waals surface area contributed by atoms with Gasteiger partial charge in [-0.1, -0.05) is 13.3 Å². The van der Waals surface area contributed by atoms with Gasteiger partial charge in [0.25, 0.3) is 0 Å². The quantitative estimate of drug-likeness (QED) is 0.550. The number of anilines is 1. The van der Waals surface area contributed by atoms with Crippen LogP contribution in [0.1, 0.15) is 25.3 Å². The summed E-state index contributed by atoms with van der Waals surface area (Å²) in [6.07, 6.45) is -2.84. The number of nitrogens with one attached hydrogen (secondary N) is 2. The minimum absolute atomic E-state index is 0.0677. The van der Waals surface area contributed by atoms with E-state index in [1.807, 2.05) is 6.92 Å². The summed E-state index contributed by atoms with van der Waals surface area (Å²) in [5.74, 6) is -0.348. The Morgan fingerprint density at radius 1 is 1.33 bits per heavy atom. The summed E-state index contributed by atoms with van der Waals surface area (Å²) in [4.78, 5) is 19.9. The van der Waals surface area contributed by atoms with Crippen molar-refractivity contribution in [2.45, 2.75) is 38.1 Å². The van der Waals surface area contributed by atoms with E-state index in [4.69, 9.17) is 5.73 Å². The number of aromatic nitrogens is 2. The van der Waals surface area contributed by atoms with Crippen LogP contribution in [-0.4, -0.2) is 46.2 Å². The topological polar surface area (TPSA) is 113 Å². The lowest BCUT2D eigenvalue weighted by Crippen LogP contribution is -2.49. The van der Waals surface area contributed by atoms with Gasteiger partial charge in [-0.3, -0.25) is 4.79 Å². The van der Waals surface area contributed by atoms with Gasteiger partial charge in [-0.2, -0.15) is 13.2 Å². The van der Waals surface area contributed by atoms with Gasteiger partial charge >= 0.3 is 6.18 Å². The first-order valence-corrected chi connectivity index (χ1v) is 8.49. The molecule has 0 radical (unpaired) electrons. The van der Waals surface area contributed by atoms with Crippen molar-refractivity contribution in [1.82, 2.24) is 15.3 Å². The SMILES string of the molecule is CCC[C@H](O)[C@H](CN)NC(=O)CNc1ncnc2ccc(C(F)(F)F)cc12. The molecule has 0 saturated carbocycles. The zero-order chi connectivity index (χ0) is 20.0. The minimum Gasteiger partial charge on any atom is -0.391 e. The number of halogens is 3. The van der Waals surface area contributed by atoms with E-state index in [2.05, 4.69) is 20.6 Å². The maximum Gasteiger partial charge on any atom is 0.416 e. The van der Waals surface area contributed by atoms with Crippen LogP contribution >= 0.6 is 0 Å². The molecular weight excluding hydrogens is 363 g/mol. The van der Waals surface area contributed by atoms with E-state index in [0.717, 1.165) is 18.6 Å². The van der Waals surface area contributed by atoms with Crippen LogP contribution in [0.4, 0.5) is 19.0 Å². The molecule has 0 fully saturated rings. The van der Waals surface area contributed by atoms with Crippen molar-refractivity contribution in [2.75, 3.05) is 18.4 Å². The molecule has 27 heavy (non-hydrogen) atoms. The predicted octanol–water partition coefficient (Wildman–Crippen LogP) is 1.67. The third-order valence-corrected chi connectivity index (χ3v) is 4.03. The summed E-state index contributed by atoms with van der Waals surface area (Å²) >= 11 is 0. The van der Waals surface area contributed by atoms with E-state index >= 15 is 0 Å². The summed E-state index contributed by atoms with van der Waals surface area (Å²) in [6.45, 7) is 1.73. The number of nitrogens with two attached hydrogens (primary N) is 1. The Bertz CT molecular complexity index is 785. The fraction of sp³-hybridized carbons (Fsp3) is 0.471. The Hall–Kier alpha value is -2.46. The summed E-state index contributed by atoms with van der Waals surface area (Å²) in [7, 11) is 0.